The van der Waals surface area contributed by atoms with E-state index in [1.165, 1.54) is 10.8 Å². The number of amidine groups is 1. The van der Waals surface area contributed by atoms with Gasteiger partial charge in [-0.2, -0.15) is 10.2 Å². The van der Waals surface area contributed by atoms with Crippen molar-refractivity contribution >= 4 is 28.0 Å². The van der Waals surface area contributed by atoms with Gasteiger partial charge in [0.25, 0.3) is 0 Å². The molecule has 0 amide bonds. The maximum atomic E-state index is 4.90. The number of hydrogen-bond acceptors (Lipinski definition) is 4. The van der Waals surface area contributed by atoms with Crippen molar-refractivity contribution in [2.45, 2.75) is 0 Å². The molecule has 0 saturated carbocycles. The molecule has 0 saturated heterocycles. The zero-order chi connectivity index (χ0) is 18.1. The minimum Gasteiger partial charge on any atom is -0.259 e. The van der Waals surface area contributed by atoms with E-state index in [1.807, 2.05) is 58.8 Å². The number of nitrogens with one attached hydrogen (secondary N) is 1. The van der Waals surface area contributed by atoms with Crippen LogP contribution in [0, 0.1) is 0 Å². The van der Waals surface area contributed by atoms with Crippen molar-refractivity contribution in [3.05, 3.63) is 109 Å². The van der Waals surface area contributed by atoms with E-state index < -0.39 is 0 Å². The van der Waals surface area contributed by atoms with Gasteiger partial charge in [0.05, 0.1) is 11.4 Å². The van der Waals surface area contributed by atoms with Crippen molar-refractivity contribution in [1.82, 2.24) is 5.43 Å². The average molecular weight is 350 g/mol. The SMILES string of the molecule is c1ccc(N2N=C(c3cccc4ccccc34)NN2c2ccccc2)cc1. The maximum absolute atomic E-state index is 4.90. The van der Waals surface area contributed by atoms with E-state index in [1.54, 1.807) is 0 Å². The van der Waals surface area contributed by atoms with Gasteiger partial charge in [-0.25, -0.2) is 0 Å². The normalized spacial score (nSPS) is 13.6. The van der Waals surface area contributed by atoms with Gasteiger partial charge in [0.2, 0.25) is 0 Å². The topological polar surface area (TPSA) is 30.9 Å². The fourth-order valence-electron chi connectivity index (χ4n) is 3.33. The maximum Gasteiger partial charge on any atom is 0.176 e. The monoisotopic (exact) mass is 350 g/mol. The van der Waals surface area contributed by atoms with Gasteiger partial charge in [0, 0.05) is 5.56 Å². The molecule has 4 heteroatoms. The second kappa shape index (κ2) is 6.50. The Morgan fingerprint density at radius 2 is 1.22 bits per heavy atom. The number of benzene rings is 4. The van der Waals surface area contributed by atoms with Gasteiger partial charge < -0.3 is 0 Å². The van der Waals surface area contributed by atoms with Crippen LogP contribution in [0.1, 0.15) is 5.56 Å². The molecular formula is C23H18N4. The van der Waals surface area contributed by atoms with Crippen molar-refractivity contribution in [2.24, 2.45) is 5.10 Å². The Bertz CT molecular complexity index is 1100. The van der Waals surface area contributed by atoms with Crippen molar-refractivity contribution in [2.75, 3.05) is 10.2 Å². The third kappa shape index (κ3) is 2.77. The molecule has 1 N–H and O–H groups in total. The molecule has 0 bridgehead atoms. The molecule has 27 heavy (non-hydrogen) atoms. The zero-order valence-electron chi connectivity index (χ0n) is 14.7. The molecule has 4 aromatic rings. The number of anilines is 2. The van der Waals surface area contributed by atoms with Crippen LogP contribution < -0.4 is 15.7 Å². The summed E-state index contributed by atoms with van der Waals surface area (Å²) in [6.45, 7) is 0. The molecule has 0 unspecified atom stereocenters. The quantitative estimate of drug-likeness (QED) is 0.567. The van der Waals surface area contributed by atoms with Gasteiger partial charge in [-0.15, -0.1) is 5.10 Å². The highest BCUT2D eigenvalue weighted by atomic mass is 15.9. The minimum absolute atomic E-state index is 0.819. The number of rotatable bonds is 3. The van der Waals surface area contributed by atoms with E-state index in [2.05, 4.69) is 60.0 Å². The largest absolute Gasteiger partial charge is 0.259 e. The van der Waals surface area contributed by atoms with Gasteiger partial charge in [-0.05, 0) is 35.0 Å². The fourth-order valence-corrected chi connectivity index (χ4v) is 3.33. The molecule has 0 radical (unpaired) electrons. The van der Waals surface area contributed by atoms with Crippen molar-refractivity contribution in [3.8, 4) is 0 Å². The van der Waals surface area contributed by atoms with Crippen LogP contribution in [0.3, 0.4) is 0 Å². The van der Waals surface area contributed by atoms with Crippen LogP contribution in [-0.2, 0) is 0 Å². The molecule has 1 aliphatic rings. The van der Waals surface area contributed by atoms with Crippen molar-refractivity contribution < 1.29 is 0 Å². The highest BCUT2D eigenvalue weighted by molar-refractivity contribution is 6.11. The molecular weight excluding hydrogens is 332 g/mol. The summed E-state index contributed by atoms with van der Waals surface area (Å²) in [5.41, 5.74) is 6.55. The summed E-state index contributed by atoms with van der Waals surface area (Å²) in [5, 5.41) is 11.1. The average Bonchev–Trinajstić information content (AvgIpc) is 3.20. The Balaban J connectivity index is 1.63. The smallest absolute Gasteiger partial charge is 0.176 e. The summed E-state index contributed by atoms with van der Waals surface area (Å²) in [4.78, 5) is 0. The molecule has 130 valence electrons. The lowest BCUT2D eigenvalue weighted by molar-refractivity contribution is 0.771. The molecule has 0 aromatic heterocycles. The van der Waals surface area contributed by atoms with Crippen LogP contribution in [0.25, 0.3) is 10.8 Å². The molecule has 0 atom stereocenters. The van der Waals surface area contributed by atoms with Crippen LogP contribution in [0.15, 0.2) is 108 Å². The lowest BCUT2D eigenvalue weighted by Gasteiger charge is -2.27. The van der Waals surface area contributed by atoms with E-state index in [9.17, 15) is 0 Å². The standard InChI is InChI=1S/C23H18N4/c1-3-12-19(13-4-1)26-24-23(25-27(26)20-14-5-2-6-15-20)22-17-9-11-18-10-7-8-16-21(18)22/h1-17H,(H,24,25). The second-order valence-electron chi connectivity index (χ2n) is 6.36. The van der Waals surface area contributed by atoms with Crippen LogP contribution >= 0.6 is 0 Å². The van der Waals surface area contributed by atoms with Gasteiger partial charge in [-0.1, -0.05) is 78.9 Å². The first-order valence-corrected chi connectivity index (χ1v) is 8.94. The first kappa shape index (κ1) is 15.5. The lowest BCUT2D eigenvalue weighted by Crippen LogP contribution is -2.44. The highest BCUT2D eigenvalue weighted by Gasteiger charge is 2.26. The Hall–Kier alpha value is -3.79. The molecule has 0 fully saturated rings. The summed E-state index contributed by atoms with van der Waals surface area (Å²) in [6, 6.07) is 35.0. The highest BCUT2D eigenvalue weighted by Crippen LogP contribution is 2.27. The van der Waals surface area contributed by atoms with Gasteiger partial charge in [0.1, 0.15) is 0 Å². The van der Waals surface area contributed by atoms with Gasteiger partial charge in [-0.3, -0.25) is 5.43 Å². The predicted octanol–water partition coefficient (Wildman–Crippen LogP) is 4.95. The zero-order valence-corrected chi connectivity index (χ0v) is 14.7. The Morgan fingerprint density at radius 1 is 0.593 bits per heavy atom. The summed E-state index contributed by atoms with van der Waals surface area (Å²) < 4.78 is 0. The van der Waals surface area contributed by atoms with E-state index >= 15 is 0 Å². The van der Waals surface area contributed by atoms with Gasteiger partial charge >= 0.3 is 0 Å². The number of hydrogen-bond donors (Lipinski definition) is 1. The van der Waals surface area contributed by atoms with E-state index in [-0.39, 0.29) is 0 Å². The lowest BCUT2D eigenvalue weighted by atomic mass is 10.0. The molecule has 4 nitrogen and oxygen atoms in total. The van der Waals surface area contributed by atoms with Crippen molar-refractivity contribution in [1.29, 1.82) is 0 Å². The first-order chi connectivity index (χ1) is 13.4. The van der Waals surface area contributed by atoms with Crippen LogP contribution in [0.5, 0.6) is 0 Å². The number of hydrazine groups is 2. The summed E-state index contributed by atoms with van der Waals surface area (Å²) >= 11 is 0. The Kier molecular flexibility index (Phi) is 3.72. The number of nitrogens with zero attached hydrogens (tertiary/aromatic N) is 3. The molecule has 0 spiro atoms. The number of fused-ring (bicyclic) bond motifs is 1. The summed E-state index contributed by atoms with van der Waals surface area (Å²) in [5.74, 6) is 0.819. The molecule has 1 aliphatic heterocycles. The molecule has 5 rings (SSSR count). The Labute approximate surface area is 157 Å². The Morgan fingerprint density at radius 3 is 2.00 bits per heavy atom. The van der Waals surface area contributed by atoms with E-state index in [4.69, 9.17) is 5.10 Å². The van der Waals surface area contributed by atoms with Gasteiger partial charge in [0.15, 0.2) is 5.84 Å². The van der Waals surface area contributed by atoms with Crippen LogP contribution in [0.4, 0.5) is 11.4 Å². The molecule has 0 aliphatic carbocycles. The van der Waals surface area contributed by atoms with Crippen molar-refractivity contribution in [3.63, 3.8) is 0 Å². The molecule has 4 aromatic carbocycles. The number of para-hydroxylation sites is 2. The van der Waals surface area contributed by atoms with Crippen LogP contribution in [0.2, 0.25) is 0 Å². The predicted molar refractivity (Wildman–Crippen MR) is 111 cm³/mol. The number of hydrazone groups is 1. The molecule has 1 heterocycles. The third-order valence-electron chi connectivity index (χ3n) is 4.63. The third-order valence-corrected chi connectivity index (χ3v) is 4.63. The van der Waals surface area contributed by atoms with Crippen LogP contribution in [-0.4, -0.2) is 5.84 Å². The fraction of sp³-hybridized carbons (Fsp3) is 0. The summed E-state index contributed by atoms with van der Waals surface area (Å²) in [7, 11) is 0. The van der Waals surface area contributed by atoms with E-state index in [0.29, 0.717) is 0 Å². The minimum atomic E-state index is 0.819. The first-order valence-electron chi connectivity index (χ1n) is 8.94. The second-order valence-corrected chi connectivity index (χ2v) is 6.36. The summed E-state index contributed by atoms with van der Waals surface area (Å²) in [6.07, 6.45) is 0. The van der Waals surface area contributed by atoms with E-state index in [0.717, 1.165) is 22.8 Å².